The first kappa shape index (κ1) is 14.1. The fraction of sp³-hybridized carbons (Fsp3) is 0.611. The molecule has 4 atom stereocenters. The Morgan fingerprint density at radius 3 is 2.59 bits per heavy atom. The zero-order valence-corrected chi connectivity index (χ0v) is 12.7. The number of nitrogens with one attached hydrogen (secondary N) is 1. The van der Waals surface area contributed by atoms with Crippen molar-refractivity contribution in [2.75, 3.05) is 6.61 Å². The summed E-state index contributed by atoms with van der Waals surface area (Å²) < 4.78 is 5.93. The average molecular weight is 301 g/mol. The lowest BCUT2D eigenvalue weighted by atomic mass is 9.61. The standard InChI is InChI=1S/C18H23NO3/c20-13-7-5-12(6-8-13)18(21)19-16-14-9-10-22-17(14)15(16)11-3-1-2-4-11/h5-8,11,14-17,20H,1-4,9-10H2,(H,19,21). The number of ether oxygens (including phenoxy) is 1. The van der Waals surface area contributed by atoms with Crippen molar-refractivity contribution >= 4 is 5.91 Å². The summed E-state index contributed by atoms with van der Waals surface area (Å²) in [5.41, 5.74) is 0.616. The molecule has 1 amide bonds. The van der Waals surface area contributed by atoms with E-state index in [0.29, 0.717) is 29.4 Å². The van der Waals surface area contributed by atoms with Gasteiger partial charge in [-0.1, -0.05) is 25.7 Å². The molecule has 1 aliphatic heterocycles. The van der Waals surface area contributed by atoms with Crippen LogP contribution in [0.2, 0.25) is 0 Å². The van der Waals surface area contributed by atoms with Crippen LogP contribution < -0.4 is 5.32 Å². The molecule has 4 rings (SSSR count). The molecule has 4 heteroatoms. The number of aromatic hydroxyl groups is 1. The van der Waals surface area contributed by atoms with Crippen molar-refractivity contribution in [1.29, 1.82) is 0 Å². The monoisotopic (exact) mass is 301 g/mol. The van der Waals surface area contributed by atoms with Gasteiger partial charge in [0.1, 0.15) is 5.75 Å². The van der Waals surface area contributed by atoms with Gasteiger partial charge < -0.3 is 15.2 Å². The predicted octanol–water partition coefficient (Wildman–Crippen LogP) is 2.72. The van der Waals surface area contributed by atoms with E-state index >= 15 is 0 Å². The number of hydrogen-bond acceptors (Lipinski definition) is 3. The lowest BCUT2D eigenvalue weighted by Crippen LogP contribution is -2.63. The Morgan fingerprint density at radius 1 is 1.14 bits per heavy atom. The third-order valence-electron chi connectivity index (χ3n) is 5.81. The highest BCUT2D eigenvalue weighted by atomic mass is 16.5. The molecule has 3 aliphatic rings. The Labute approximate surface area is 130 Å². The molecule has 3 fully saturated rings. The van der Waals surface area contributed by atoms with Gasteiger partial charge in [-0.25, -0.2) is 0 Å². The first-order chi connectivity index (χ1) is 10.7. The van der Waals surface area contributed by atoms with E-state index in [9.17, 15) is 9.90 Å². The second-order valence-corrected chi connectivity index (χ2v) is 6.96. The van der Waals surface area contributed by atoms with Crippen molar-refractivity contribution in [3.05, 3.63) is 29.8 Å². The zero-order chi connectivity index (χ0) is 15.1. The maximum Gasteiger partial charge on any atom is 0.251 e. The Balaban J connectivity index is 1.48. The van der Waals surface area contributed by atoms with Gasteiger partial charge in [-0.05, 0) is 36.6 Å². The van der Waals surface area contributed by atoms with Crippen LogP contribution in [0.5, 0.6) is 5.75 Å². The molecule has 2 N–H and O–H groups in total. The van der Waals surface area contributed by atoms with Gasteiger partial charge in [0, 0.05) is 30.0 Å². The molecule has 1 heterocycles. The highest BCUT2D eigenvalue weighted by Gasteiger charge is 2.56. The van der Waals surface area contributed by atoms with Crippen molar-refractivity contribution in [2.45, 2.75) is 44.2 Å². The largest absolute Gasteiger partial charge is 0.508 e. The first-order valence-corrected chi connectivity index (χ1v) is 8.45. The fourth-order valence-electron chi connectivity index (χ4n) is 4.71. The number of fused-ring (bicyclic) bond motifs is 1. The van der Waals surface area contributed by atoms with E-state index in [1.54, 1.807) is 24.3 Å². The summed E-state index contributed by atoms with van der Waals surface area (Å²) in [7, 11) is 0. The minimum Gasteiger partial charge on any atom is -0.508 e. The predicted molar refractivity (Wildman–Crippen MR) is 82.7 cm³/mol. The molecule has 1 aromatic carbocycles. The van der Waals surface area contributed by atoms with Crippen LogP contribution in [0.4, 0.5) is 0 Å². The highest BCUT2D eigenvalue weighted by molar-refractivity contribution is 5.94. The summed E-state index contributed by atoms with van der Waals surface area (Å²) in [4.78, 5) is 12.5. The zero-order valence-electron chi connectivity index (χ0n) is 12.7. The van der Waals surface area contributed by atoms with E-state index in [-0.39, 0.29) is 17.7 Å². The topological polar surface area (TPSA) is 58.6 Å². The van der Waals surface area contributed by atoms with Gasteiger partial charge in [-0.15, -0.1) is 0 Å². The quantitative estimate of drug-likeness (QED) is 0.902. The fourth-order valence-corrected chi connectivity index (χ4v) is 4.71. The highest BCUT2D eigenvalue weighted by Crippen LogP contribution is 2.51. The molecule has 0 aromatic heterocycles. The molecular weight excluding hydrogens is 278 g/mol. The number of phenols is 1. The Bertz CT molecular complexity index is 545. The molecule has 4 unspecified atom stereocenters. The Morgan fingerprint density at radius 2 is 1.86 bits per heavy atom. The average Bonchev–Trinajstić information content (AvgIpc) is 3.16. The van der Waals surface area contributed by atoms with Crippen LogP contribution in [-0.2, 0) is 4.74 Å². The summed E-state index contributed by atoms with van der Waals surface area (Å²) in [5.74, 6) is 1.86. The third kappa shape index (κ3) is 2.30. The van der Waals surface area contributed by atoms with E-state index in [2.05, 4.69) is 5.32 Å². The van der Waals surface area contributed by atoms with Gasteiger partial charge in [0.15, 0.2) is 0 Å². The second-order valence-electron chi connectivity index (χ2n) is 6.96. The minimum atomic E-state index is -0.0293. The first-order valence-electron chi connectivity index (χ1n) is 8.45. The van der Waals surface area contributed by atoms with Crippen LogP contribution in [0.25, 0.3) is 0 Å². The number of benzene rings is 1. The molecule has 4 nitrogen and oxygen atoms in total. The molecule has 22 heavy (non-hydrogen) atoms. The van der Waals surface area contributed by atoms with Crippen molar-refractivity contribution in [1.82, 2.24) is 5.32 Å². The van der Waals surface area contributed by atoms with Gasteiger partial charge in [0.25, 0.3) is 5.91 Å². The van der Waals surface area contributed by atoms with Gasteiger partial charge in [0.05, 0.1) is 6.10 Å². The van der Waals surface area contributed by atoms with Crippen molar-refractivity contribution < 1.29 is 14.6 Å². The summed E-state index contributed by atoms with van der Waals surface area (Å²) in [6.45, 7) is 0.837. The molecule has 0 radical (unpaired) electrons. The molecule has 2 aliphatic carbocycles. The molecule has 1 aromatic rings. The Kier molecular flexibility index (Phi) is 3.57. The van der Waals surface area contributed by atoms with Crippen LogP contribution in [0.3, 0.4) is 0 Å². The number of carbonyl (C=O) groups excluding carboxylic acids is 1. The van der Waals surface area contributed by atoms with E-state index in [1.165, 1.54) is 25.7 Å². The van der Waals surface area contributed by atoms with Gasteiger partial charge >= 0.3 is 0 Å². The van der Waals surface area contributed by atoms with E-state index < -0.39 is 0 Å². The number of hydrogen-bond donors (Lipinski definition) is 2. The Hall–Kier alpha value is -1.55. The molecule has 0 bridgehead atoms. The smallest absolute Gasteiger partial charge is 0.251 e. The number of amides is 1. The summed E-state index contributed by atoms with van der Waals surface area (Å²) >= 11 is 0. The van der Waals surface area contributed by atoms with Crippen LogP contribution in [0.15, 0.2) is 24.3 Å². The lowest BCUT2D eigenvalue weighted by Gasteiger charge is -2.50. The van der Waals surface area contributed by atoms with Crippen molar-refractivity contribution in [2.24, 2.45) is 17.8 Å². The molecule has 2 saturated carbocycles. The molecule has 118 valence electrons. The second kappa shape index (κ2) is 5.58. The number of rotatable bonds is 3. The van der Waals surface area contributed by atoms with Crippen LogP contribution in [0, 0.1) is 17.8 Å². The van der Waals surface area contributed by atoms with Gasteiger partial charge in [-0.3, -0.25) is 4.79 Å². The third-order valence-corrected chi connectivity index (χ3v) is 5.81. The van der Waals surface area contributed by atoms with Gasteiger partial charge in [0.2, 0.25) is 0 Å². The van der Waals surface area contributed by atoms with Crippen molar-refractivity contribution in [3.63, 3.8) is 0 Å². The normalized spacial score (nSPS) is 34.2. The minimum absolute atomic E-state index is 0.0293. The van der Waals surface area contributed by atoms with Gasteiger partial charge in [-0.2, -0.15) is 0 Å². The molecular formula is C18H23NO3. The maximum absolute atomic E-state index is 12.5. The SMILES string of the molecule is O=C(NC1C2CCOC2C1C1CCCC1)c1ccc(O)cc1. The molecule has 0 spiro atoms. The summed E-state index contributed by atoms with van der Waals surface area (Å²) in [6.07, 6.45) is 6.63. The van der Waals surface area contributed by atoms with Crippen LogP contribution in [-0.4, -0.2) is 29.8 Å². The maximum atomic E-state index is 12.5. The van der Waals surface area contributed by atoms with E-state index in [4.69, 9.17) is 4.74 Å². The lowest BCUT2D eigenvalue weighted by molar-refractivity contribution is -0.0784. The van der Waals surface area contributed by atoms with Crippen LogP contribution >= 0.6 is 0 Å². The number of phenolic OH excluding ortho intramolecular Hbond substituents is 1. The molecule has 1 saturated heterocycles. The summed E-state index contributed by atoms with van der Waals surface area (Å²) in [5, 5.41) is 12.6. The van der Waals surface area contributed by atoms with Crippen LogP contribution in [0.1, 0.15) is 42.5 Å². The van der Waals surface area contributed by atoms with Crippen molar-refractivity contribution in [3.8, 4) is 5.75 Å². The summed E-state index contributed by atoms with van der Waals surface area (Å²) in [6, 6.07) is 6.74. The van der Waals surface area contributed by atoms with E-state index in [0.717, 1.165) is 13.0 Å². The van der Waals surface area contributed by atoms with E-state index in [1.807, 2.05) is 0 Å². The number of carbonyl (C=O) groups is 1.